The molecule has 112 valence electrons. The fraction of sp³-hybridized carbons (Fsp3) is 0.0667. The SMILES string of the molecule is O=C(CNc1ccccc1)N/N=C/c1cccc([N+](=O)[O-])c1. The van der Waals surface area contributed by atoms with Crippen LogP contribution in [0.2, 0.25) is 0 Å². The molecule has 7 nitrogen and oxygen atoms in total. The molecule has 2 rings (SSSR count). The van der Waals surface area contributed by atoms with E-state index in [1.807, 2.05) is 30.3 Å². The summed E-state index contributed by atoms with van der Waals surface area (Å²) < 4.78 is 0. The van der Waals surface area contributed by atoms with E-state index in [9.17, 15) is 14.9 Å². The van der Waals surface area contributed by atoms with Gasteiger partial charge in [0.25, 0.3) is 11.6 Å². The number of non-ortho nitro benzene ring substituents is 1. The molecule has 0 aromatic heterocycles. The molecule has 0 bridgehead atoms. The zero-order chi connectivity index (χ0) is 15.8. The Balaban J connectivity index is 1.83. The third-order valence-electron chi connectivity index (χ3n) is 2.71. The maximum Gasteiger partial charge on any atom is 0.270 e. The molecule has 0 saturated heterocycles. The highest BCUT2D eigenvalue weighted by molar-refractivity contribution is 5.84. The molecule has 0 aliphatic heterocycles. The van der Waals surface area contributed by atoms with E-state index in [4.69, 9.17) is 0 Å². The average Bonchev–Trinajstić information content (AvgIpc) is 2.54. The first kappa shape index (κ1) is 15.2. The van der Waals surface area contributed by atoms with Gasteiger partial charge in [-0.1, -0.05) is 30.3 Å². The number of nitrogens with zero attached hydrogens (tertiary/aromatic N) is 2. The fourth-order valence-electron chi connectivity index (χ4n) is 1.68. The van der Waals surface area contributed by atoms with Gasteiger partial charge in [0.05, 0.1) is 17.7 Å². The van der Waals surface area contributed by atoms with Crippen LogP contribution in [0.25, 0.3) is 0 Å². The Morgan fingerprint density at radius 1 is 1.18 bits per heavy atom. The van der Waals surface area contributed by atoms with Crippen molar-refractivity contribution in [1.82, 2.24) is 5.43 Å². The fourth-order valence-corrected chi connectivity index (χ4v) is 1.68. The van der Waals surface area contributed by atoms with E-state index in [2.05, 4.69) is 15.8 Å². The topological polar surface area (TPSA) is 96.6 Å². The summed E-state index contributed by atoms with van der Waals surface area (Å²) in [6.07, 6.45) is 1.35. The molecule has 2 aromatic carbocycles. The Kier molecular flexibility index (Phi) is 5.20. The van der Waals surface area contributed by atoms with Crippen molar-refractivity contribution in [3.05, 3.63) is 70.3 Å². The van der Waals surface area contributed by atoms with E-state index in [0.717, 1.165) is 5.69 Å². The van der Waals surface area contributed by atoms with Crippen molar-refractivity contribution < 1.29 is 9.72 Å². The lowest BCUT2D eigenvalue weighted by molar-refractivity contribution is -0.384. The first-order valence-electron chi connectivity index (χ1n) is 6.50. The Bertz CT molecular complexity index is 686. The van der Waals surface area contributed by atoms with Crippen LogP contribution < -0.4 is 10.7 Å². The lowest BCUT2D eigenvalue weighted by Crippen LogP contribution is -2.25. The Morgan fingerprint density at radius 2 is 1.95 bits per heavy atom. The van der Waals surface area contributed by atoms with Crippen molar-refractivity contribution in [2.75, 3.05) is 11.9 Å². The number of para-hydroxylation sites is 1. The molecule has 0 radical (unpaired) electrons. The quantitative estimate of drug-likeness (QED) is 0.485. The largest absolute Gasteiger partial charge is 0.376 e. The molecule has 22 heavy (non-hydrogen) atoms. The van der Waals surface area contributed by atoms with Gasteiger partial charge in [-0.25, -0.2) is 5.43 Å². The number of nitrogens with one attached hydrogen (secondary N) is 2. The molecule has 0 atom stereocenters. The Labute approximate surface area is 126 Å². The van der Waals surface area contributed by atoms with Crippen molar-refractivity contribution in [1.29, 1.82) is 0 Å². The number of hydrogen-bond acceptors (Lipinski definition) is 5. The molecule has 0 saturated carbocycles. The first-order chi connectivity index (χ1) is 10.6. The standard InChI is InChI=1S/C15H14N4O3/c20-15(11-16-13-6-2-1-3-7-13)18-17-10-12-5-4-8-14(9-12)19(21)22/h1-10,16H,11H2,(H,18,20)/b17-10+. The number of benzene rings is 2. The number of hydrogen-bond donors (Lipinski definition) is 2. The summed E-state index contributed by atoms with van der Waals surface area (Å²) in [5, 5.41) is 17.3. The lowest BCUT2D eigenvalue weighted by Gasteiger charge is -2.04. The molecule has 0 heterocycles. The molecule has 0 unspecified atom stereocenters. The van der Waals surface area contributed by atoms with Crippen LogP contribution in [0.3, 0.4) is 0 Å². The Morgan fingerprint density at radius 3 is 2.68 bits per heavy atom. The van der Waals surface area contributed by atoms with E-state index >= 15 is 0 Å². The minimum Gasteiger partial charge on any atom is -0.376 e. The predicted molar refractivity (Wildman–Crippen MR) is 83.8 cm³/mol. The van der Waals surface area contributed by atoms with Gasteiger partial charge in [0, 0.05) is 23.4 Å². The van der Waals surface area contributed by atoms with Gasteiger partial charge in [-0.3, -0.25) is 14.9 Å². The number of rotatable bonds is 6. The molecular weight excluding hydrogens is 284 g/mol. The summed E-state index contributed by atoms with van der Waals surface area (Å²) in [4.78, 5) is 21.7. The smallest absolute Gasteiger partial charge is 0.270 e. The number of nitro groups is 1. The first-order valence-corrected chi connectivity index (χ1v) is 6.50. The molecule has 2 N–H and O–H groups in total. The third kappa shape index (κ3) is 4.71. The number of nitro benzene ring substituents is 1. The molecular formula is C15H14N4O3. The summed E-state index contributed by atoms with van der Waals surface area (Å²) in [5.41, 5.74) is 3.69. The van der Waals surface area contributed by atoms with Crippen LogP contribution >= 0.6 is 0 Å². The van der Waals surface area contributed by atoms with Gasteiger partial charge in [-0.2, -0.15) is 5.10 Å². The summed E-state index contributed by atoms with van der Waals surface area (Å²) in [7, 11) is 0. The van der Waals surface area contributed by atoms with Crippen LogP contribution in [0.4, 0.5) is 11.4 Å². The van der Waals surface area contributed by atoms with Crippen LogP contribution in [0.5, 0.6) is 0 Å². The van der Waals surface area contributed by atoms with Crippen molar-refractivity contribution >= 4 is 23.5 Å². The van der Waals surface area contributed by atoms with Crippen LogP contribution in [0.15, 0.2) is 59.7 Å². The number of amides is 1. The second kappa shape index (κ2) is 7.53. The third-order valence-corrected chi connectivity index (χ3v) is 2.71. The van der Waals surface area contributed by atoms with Gasteiger partial charge in [-0.05, 0) is 12.1 Å². The predicted octanol–water partition coefficient (Wildman–Crippen LogP) is 2.16. The van der Waals surface area contributed by atoms with Crippen molar-refractivity contribution in [3.8, 4) is 0 Å². The summed E-state index contributed by atoms with van der Waals surface area (Å²) in [5.74, 6) is -0.314. The molecule has 7 heteroatoms. The second-order valence-corrected chi connectivity index (χ2v) is 4.36. The molecule has 0 spiro atoms. The zero-order valence-corrected chi connectivity index (χ0v) is 11.6. The molecule has 0 fully saturated rings. The Hall–Kier alpha value is -3.22. The van der Waals surface area contributed by atoms with Gasteiger partial charge < -0.3 is 5.32 Å². The van der Waals surface area contributed by atoms with E-state index in [1.165, 1.54) is 18.3 Å². The number of carbonyl (C=O) groups is 1. The normalized spacial score (nSPS) is 10.4. The second-order valence-electron chi connectivity index (χ2n) is 4.36. The van der Waals surface area contributed by atoms with Gasteiger partial charge in [0.1, 0.15) is 0 Å². The molecule has 2 aromatic rings. The minimum atomic E-state index is -0.486. The van der Waals surface area contributed by atoms with Gasteiger partial charge in [0.2, 0.25) is 0 Å². The van der Waals surface area contributed by atoms with Crippen molar-refractivity contribution in [2.24, 2.45) is 5.10 Å². The molecule has 1 amide bonds. The highest BCUT2D eigenvalue weighted by atomic mass is 16.6. The van der Waals surface area contributed by atoms with Gasteiger partial charge in [0.15, 0.2) is 0 Å². The van der Waals surface area contributed by atoms with Crippen LogP contribution in [-0.4, -0.2) is 23.6 Å². The van der Waals surface area contributed by atoms with Gasteiger partial charge >= 0.3 is 0 Å². The molecule has 0 aliphatic rings. The summed E-state index contributed by atoms with van der Waals surface area (Å²) >= 11 is 0. The lowest BCUT2D eigenvalue weighted by atomic mass is 10.2. The van der Waals surface area contributed by atoms with Crippen LogP contribution in [0, 0.1) is 10.1 Å². The molecule has 0 aliphatic carbocycles. The van der Waals surface area contributed by atoms with Crippen LogP contribution in [0.1, 0.15) is 5.56 Å². The van der Waals surface area contributed by atoms with E-state index < -0.39 is 4.92 Å². The number of anilines is 1. The van der Waals surface area contributed by atoms with Crippen LogP contribution in [-0.2, 0) is 4.79 Å². The summed E-state index contributed by atoms with van der Waals surface area (Å²) in [6, 6.07) is 15.3. The maximum atomic E-state index is 11.6. The minimum absolute atomic E-state index is 0.0268. The summed E-state index contributed by atoms with van der Waals surface area (Å²) in [6.45, 7) is 0.0797. The highest BCUT2D eigenvalue weighted by Crippen LogP contribution is 2.11. The average molecular weight is 298 g/mol. The van der Waals surface area contributed by atoms with Crippen molar-refractivity contribution in [3.63, 3.8) is 0 Å². The number of carbonyl (C=O) groups excluding carboxylic acids is 1. The highest BCUT2D eigenvalue weighted by Gasteiger charge is 2.04. The van der Waals surface area contributed by atoms with E-state index in [1.54, 1.807) is 12.1 Å². The maximum absolute atomic E-state index is 11.6. The van der Waals surface area contributed by atoms with Gasteiger partial charge in [-0.15, -0.1) is 0 Å². The zero-order valence-electron chi connectivity index (χ0n) is 11.6. The number of hydrazone groups is 1. The van der Waals surface area contributed by atoms with E-state index in [-0.39, 0.29) is 18.1 Å². The van der Waals surface area contributed by atoms with E-state index in [0.29, 0.717) is 5.56 Å². The van der Waals surface area contributed by atoms with Crippen molar-refractivity contribution in [2.45, 2.75) is 0 Å². The monoisotopic (exact) mass is 298 g/mol.